The summed E-state index contributed by atoms with van der Waals surface area (Å²) in [4.78, 5) is 11.7. The number of ether oxygens (including phenoxy) is 1. The number of anilines is 1. The fraction of sp³-hybridized carbons (Fsp3) is 0.267. The standard InChI is InChI=1S/C15H18N2O2/c1-3-17-15(18)10(2)19-14-9-8-13(16)11-6-4-5-7-12(11)14/h4-10H,3,16H2,1-2H3,(H,17,18). The van der Waals surface area contributed by atoms with Crippen molar-refractivity contribution in [3.63, 3.8) is 0 Å². The van der Waals surface area contributed by atoms with Gasteiger partial charge in [0.2, 0.25) is 0 Å². The SMILES string of the molecule is CCNC(=O)C(C)Oc1ccc(N)c2ccccc12. The van der Waals surface area contributed by atoms with Gasteiger partial charge in [-0.05, 0) is 26.0 Å². The van der Waals surface area contributed by atoms with E-state index in [2.05, 4.69) is 5.32 Å². The average molecular weight is 258 g/mol. The minimum atomic E-state index is -0.535. The average Bonchev–Trinajstić information content (AvgIpc) is 2.42. The van der Waals surface area contributed by atoms with Crippen LogP contribution in [0.3, 0.4) is 0 Å². The lowest BCUT2D eigenvalue weighted by molar-refractivity contribution is -0.127. The zero-order chi connectivity index (χ0) is 13.8. The van der Waals surface area contributed by atoms with Gasteiger partial charge in [0.1, 0.15) is 5.75 Å². The quantitative estimate of drug-likeness (QED) is 0.827. The minimum absolute atomic E-state index is 0.122. The summed E-state index contributed by atoms with van der Waals surface area (Å²) in [5, 5.41) is 4.59. The van der Waals surface area contributed by atoms with Crippen LogP contribution in [0.2, 0.25) is 0 Å². The van der Waals surface area contributed by atoms with Gasteiger partial charge in [-0.1, -0.05) is 24.3 Å². The fourth-order valence-electron chi connectivity index (χ4n) is 1.96. The van der Waals surface area contributed by atoms with E-state index in [-0.39, 0.29) is 5.91 Å². The Morgan fingerprint density at radius 3 is 2.63 bits per heavy atom. The maximum Gasteiger partial charge on any atom is 0.260 e. The van der Waals surface area contributed by atoms with Crippen molar-refractivity contribution in [3.8, 4) is 5.75 Å². The van der Waals surface area contributed by atoms with Gasteiger partial charge in [0.25, 0.3) is 5.91 Å². The van der Waals surface area contributed by atoms with Gasteiger partial charge < -0.3 is 15.8 Å². The number of nitrogens with two attached hydrogens (primary N) is 1. The van der Waals surface area contributed by atoms with Gasteiger partial charge >= 0.3 is 0 Å². The predicted molar refractivity (Wildman–Crippen MR) is 77.1 cm³/mol. The van der Waals surface area contributed by atoms with E-state index in [4.69, 9.17) is 10.5 Å². The number of carbonyl (C=O) groups excluding carboxylic acids is 1. The summed E-state index contributed by atoms with van der Waals surface area (Å²) in [6.07, 6.45) is -0.535. The summed E-state index contributed by atoms with van der Waals surface area (Å²) >= 11 is 0. The van der Waals surface area contributed by atoms with Crippen LogP contribution in [-0.4, -0.2) is 18.6 Å². The highest BCUT2D eigenvalue weighted by Crippen LogP contribution is 2.30. The number of carbonyl (C=O) groups is 1. The third-order valence-corrected chi connectivity index (χ3v) is 2.94. The van der Waals surface area contributed by atoms with Crippen LogP contribution in [-0.2, 0) is 4.79 Å². The van der Waals surface area contributed by atoms with E-state index in [1.54, 1.807) is 19.1 Å². The summed E-state index contributed by atoms with van der Waals surface area (Å²) < 4.78 is 5.73. The molecule has 0 radical (unpaired) electrons. The number of fused-ring (bicyclic) bond motifs is 1. The number of benzene rings is 2. The van der Waals surface area contributed by atoms with Gasteiger partial charge in [-0.25, -0.2) is 0 Å². The predicted octanol–water partition coefficient (Wildman–Crippen LogP) is 2.33. The molecule has 4 nitrogen and oxygen atoms in total. The number of nitrogen functional groups attached to an aromatic ring is 1. The molecule has 4 heteroatoms. The van der Waals surface area contributed by atoms with Crippen LogP contribution in [0.15, 0.2) is 36.4 Å². The Morgan fingerprint density at radius 1 is 1.26 bits per heavy atom. The van der Waals surface area contributed by atoms with Gasteiger partial charge in [0.05, 0.1) is 0 Å². The molecule has 0 aromatic heterocycles. The van der Waals surface area contributed by atoms with E-state index in [0.29, 0.717) is 18.0 Å². The Morgan fingerprint density at radius 2 is 1.95 bits per heavy atom. The first-order valence-corrected chi connectivity index (χ1v) is 6.35. The molecule has 0 aliphatic carbocycles. The lowest BCUT2D eigenvalue weighted by Crippen LogP contribution is -2.36. The van der Waals surface area contributed by atoms with Crippen LogP contribution in [0.1, 0.15) is 13.8 Å². The molecule has 0 aliphatic heterocycles. The maximum atomic E-state index is 11.7. The molecule has 1 atom stereocenters. The number of likely N-dealkylation sites (N-methyl/N-ethyl adjacent to an activating group) is 1. The Labute approximate surface area is 112 Å². The van der Waals surface area contributed by atoms with Gasteiger partial charge in [0, 0.05) is 23.0 Å². The maximum absolute atomic E-state index is 11.7. The van der Waals surface area contributed by atoms with Crippen LogP contribution in [0.25, 0.3) is 10.8 Å². The van der Waals surface area contributed by atoms with E-state index in [1.807, 2.05) is 31.2 Å². The summed E-state index contributed by atoms with van der Waals surface area (Å²) in [7, 11) is 0. The molecule has 0 spiro atoms. The lowest BCUT2D eigenvalue weighted by Gasteiger charge is -2.16. The third-order valence-electron chi connectivity index (χ3n) is 2.94. The van der Waals surface area contributed by atoms with Crippen molar-refractivity contribution < 1.29 is 9.53 Å². The molecule has 100 valence electrons. The fourth-order valence-corrected chi connectivity index (χ4v) is 1.96. The molecular weight excluding hydrogens is 240 g/mol. The van der Waals surface area contributed by atoms with Crippen LogP contribution in [0, 0.1) is 0 Å². The molecular formula is C15H18N2O2. The first-order valence-electron chi connectivity index (χ1n) is 6.35. The molecule has 0 heterocycles. The topological polar surface area (TPSA) is 64.3 Å². The highest BCUT2D eigenvalue weighted by atomic mass is 16.5. The molecule has 0 fully saturated rings. The Balaban J connectivity index is 2.31. The zero-order valence-corrected chi connectivity index (χ0v) is 11.1. The Kier molecular flexibility index (Phi) is 3.90. The molecule has 0 bridgehead atoms. The van der Waals surface area contributed by atoms with Crippen molar-refractivity contribution in [2.24, 2.45) is 0 Å². The van der Waals surface area contributed by atoms with Crippen LogP contribution < -0.4 is 15.8 Å². The van der Waals surface area contributed by atoms with Gasteiger partial charge in [-0.3, -0.25) is 4.79 Å². The lowest BCUT2D eigenvalue weighted by atomic mass is 10.1. The van der Waals surface area contributed by atoms with Crippen molar-refractivity contribution in [1.82, 2.24) is 5.32 Å². The monoisotopic (exact) mass is 258 g/mol. The highest BCUT2D eigenvalue weighted by Gasteiger charge is 2.15. The van der Waals surface area contributed by atoms with Crippen molar-refractivity contribution in [1.29, 1.82) is 0 Å². The van der Waals surface area contributed by atoms with Gasteiger partial charge in [-0.15, -0.1) is 0 Å². The zero-order valence-electron chi connectivity index (χ0n) is 11.1. The summed E-state index contributed by atoms with van der Waals surface area (Å²) in [5.41, 5.74) is 6.63. The molecule has 1 amide bonds. The van der Waals surface area contributed by atoms with Gasteiger partial charge in [0.15, 0.2) is 6.10 Å². The largest absolute Gasteiger partial charge is 0.480 e. The number of amides is 1. The Bertz CT molecular complexity index is 596. The van der Waals surface area contributed by atoms with Gasteiger partial charge in [-0.2, -0.15) is 0 Å². The molecule has 19 heavy (non-hydrogen) atoms. The van der Waals surface area contributed by atoms with Crippen LogP contribution in [0.5, 0.6) is 5.75 Å². The van der Waals surface area contributed by atoms with Crippen LogP contribution in [0.4, 0.5) is 5.69 Å². The molecule has 0 saturated heterocycles. The number of rotatable bonds is 4. The van der Waals surface area contributed by atoms with Crippen LogP contribution >= 0.6 is 0 Å². The van der Waals surface area contributed by atoms with Crippen molar-refractivity contribution >= 4 is 22.4 Å². The molecule has 2 rings (SSSR count). The summed E-state index contributed by atoms with van der Waals surface area (Å²) in [6, 6.07) is 11.3. The first-order chi connectivity index (χ1) is 9.13. The molecule has 1 unspecified atom stereocenters. The van der Waals surface area contributed by atoms with E-state index in [0.717, 1.165) is 10.8 Å². The molecule has 2 aromatic carbocycles. The van der Waals surface area contributed by atoms with E-state index < -0.39 is 6.10 Å². The molecule has 0 aliphatic rings. The number of nitrogens with one attached hydrogen (secondary N) is 1. The third kappa shape index (κ3) is 2.78. The van der Waals surface area contributed by atoms with Crippen molar-refractivity contribution in [2.45, 2.75) is 20.0 Å². The number of hydrogen-bond acceptors (Lipinski definition) is 3. The highest BCUT2D eigenvalue weighted by molar-refractivity contribution is 5.97. The normalized spacial score (nSPS) is 12.1. The second-order valence-electron chi connectivity index (χ2n) is 4.35. The first kappa shape index (κ1) is 13.2. The van der Waals surface area contributed by atoms with E-state index >= 15 is 0 Å². The smallest absolute Gasteiger partial charge is 0.260 e. The summed E-state index contributed by atoms with van der Waals surface area (Å²) in [5.74, 6) is 0.548. The second-order valence-corrected chi connectivity index (χ2v) is 4.35. The second kappa shape index (κ2) is 5.61. The molecule has 3 N–H and O–H groups in total. The van der Waals surface area contributed by atoms with Crippen molar-refractivity contribution in [2.75, 3.05) is 12.3 Å². The Hall–Kier alpha value is -2.23. The summed E-state index contributed by atoms with van der Waals surface area (Å²) in [6.45, 7) is 4.20. The van der Waals surface area contributed by atoms with Crippen molar-refractivity contribution in [3.05, 3.63) is 36.4 Å². The molecule has 2 aromatic rings. The van der Waals surface area contributed by atoms with E-state index in [9.17, 15) is 4.79 Å². The number of hydrogen-bond donors (Lipinski definition) is 2. The van der Waals surface area contributed by atoms with E-state index in [1.165, 1.54) is 0 Å². The molecule has 0 saturated carbocycles. The minimum Gasteiger partial charge on any atom is -0.480 e.